The molecule has 0 heterocycles. The fourth-order valence-corrected chi connectivity index (χ4v) is 4.61. The fourth-order valence-electron chi connectivity index (χ4n) is 4.49. The highest BCUT2D eigenvalue weighted by Crippen LogP contribution is 2.24. The molecule has 2 aromatic carbocycles. The van der Waals surface area contributed by atoms with E-state index in [4.69, 9.17) is 28.4 Å². The monoisotopic (exact) mass is 575 g/mol. The highest BCUT2D eigenvalue weighted by Gasteiger charge is 2.15. The minimum absolute atomic E-state index is 0.187. The third-order valence-electron chi connectivity index (χ3n) is 6.79. The average Bonchev–Trinajstić information content (AvgIpc) is 2.94. The van der Waals surface area contributed by atoms with Gasteiger partial charge in [-0.25, -0.2) is 0 Å². The molecular weight excluding hydrogens is 538 g/mol. The van der Waals surface area contributed by atoms with Crippen LogP contribution >= 0.6 is 11.6 Å². The first kappa shape index (κ1) is 33.3. The Morgan fingerprint density at radius 3 is 1.76 bits per heavy atom. The van der Waals surface area contributed by atoms with Crippen LogP contribution in [0.1, 0.15) is 91.3 Å². The number of nitrogens with two attached hydrogens (primary N) is 1. The van der Waals surface area contributed by atoms with Gasteiger partial charge in [0.1, 0.15) is 0 Å². The van der Waals surface area contributed by atoms with Crippen LogP contribution in [0.4, 0.5) is 11.4 Å². The van der Waals surface area contributed by atoms with E-state index >= 15 is 0 Å². The van der Waals surface area contributed by atoms with Crippen molar-refractivity contribution in [3.8, 4) is 0 Å². The number of hydrogen-bond acceptors (Lipinski definition) is 5. The summed E-state index contributed by atoms with van der Waals surface area (Å²) in [5.74, 6) is 0.677. The lowest BCUT2D eigenvalue weighted by molar-refractivity contribution is 0.0955. The van der Waals surface area contributed by atoms with E-state index in [0.717, 1.165) is 25.7 Å². The molecule has 0 aliphatic heterocycles. The molecule has 2 atom stereocenters. The van der Waals surface area contributed by atoms with Crippen molar-refractivity contribution in [1.29, 1.82) is 0 Å². The Kier molecular flexibility index (Phi) is 16.3. The Labute approximate surface area is 246 Å². The third-order valence-corrected chi connectivity index (χ3v) is 7.00. The summed E-state index contributed by atoms with van der Waals surface area (Å²) in [6.07, 6.45) is 21.3. The molecule has 9 nitrogen and oxygen atoms in total. The Morgan fingerprint density at radius 2 is 1.22 bits per heavy atom. The fraction of sp³-hybridized carbons (Fsp3) is 0.419. The molecule has 216 valence electrons. The van der Waals surface area contributed by atoms with Crippen molar-refractivity contribution < 1.29 is 9.59 Å². The number of carbonyl (C=O) groups is 2. The molecule has 0 spiro atoms. The average molecular weight is 576 g/mol. The molecule has 0 bridgehead atoms. The van der Waals surface area contributed by atoms with Gasteiger partial charge in [-0.3, -0.25) is 9.59 Å². The standard InChI is InChI=1S/C16H19N3O.C8H15N.C7H4ClN3O/c17-19-18-15-10-8-14(9-11-15)16(20)12-13-6-4-2-1-3-5-7-13;9-8-6-4-2-1-3-5-7-8;8-7(12)5-1-3-6(4-2-5)10-11-9/h1-2,8-11,13H,3-7,12H2;1-2,8H,3-7,9H2;1-4H/b2*2-1-;. The van der Waals surface area contributed by atoms with Crippen LogP contribution in [0.15, 0.2) is 83.1 Å². The normalized spacial score (nSPS) is 19.7. The zero-order chi connectivity index (χ0) is 29.7. The number of nitrogens with zero attached hydrogens (tertiary/aromatic N) is 6. The number of allylic oxidation sites excluding steroid dienone is 4. The van der Waals surface area contributed by atoms with Crippen molar-refractivity contribution in [1.82, 2.24) is 0 Å². The summed E-state index contributed by atoms with van der Waals surface area (Å²) in [6, 6.07) is 13.4. The second kappa shape index (κ2) is 20.1. The van der Waals surface area contributed by atoms with E-state index < -0.39 is 5.24 Å². The number of halogens is 1. The molecule has 41 heavy (non-hydrogen) atoms. The van der Waals surface area contributed by atoms with Gasteiger partial charge in [0.15, 0.2) is 5.78 Å². The largest absolute Gasteiger partial charge is 0.328 e. The predicted octanol–water partition coefficient (Wildman–Crippen LogP) is 10.2. The van der Waals surface area contributed by atoms with Crippen molar-refractivity contribution in [2.24, 2.45) is 21.9 Å². The van der Waals surface area contributed by atoms with Crippen LogP contribution in [0.3, 0.4) is 0 Å². The molecule has 0 radical (unpaired) electrons. The van der Waals surface area contributed by atoms with Gasteiger partial charge < -0.3 is 5.73 Å². The van der Waals surface area contributed by atoms with Crippen molar-refractivity contribution in [2.75, 3.05) is 0 Å². The van der Waals surface area contributed by atoms with Gasteiger partial charge in [-0.1, -0.05) is 70.9 Å². The second-order valence-electron chi connectivity index (χ2n) is 9.96. The van der Waals surface area contributed by atoms with Gasteiger partial charge in [0, 0.05) is 44.8 Å². The summed E-state index contributed by atoms with van der Waals surface area (Å²) < 4.78 is 0. The SMILES string of the molecule is NC1CC/C=C\CCC1.[N-]=[N+]=Nc1ccc(C(=O)CC2CC/C=C\CCC2)cc1.[N-]=[N+]=Nc1ccc(C(=O)Cl)cc1. The predicted molar refractivity (Wildman–Crippen MR) is 166 cm³/mol. The molecule has 0 fully saturated rings. The molecule has 2 aliphatic rings. The number of carbonyl (C=O) groups excluding carboxylic acids is 2. The summed E-state index contributed by atoms with van der Waals surface area (Å²) in [5, 5.41) is 6.32. The summed E-state index contributed by atoms with van der Waals surface area (Å²) >= 11 is 5.19. The molecule has 4 rings (SSSR count). The van der Waals surface area contributed by atoms with Gasteiger partial charge in [-0.05, 0) is 105 Å². The van der Waals surface area contributed by atoms with E-state index in [1.807, 2.05) is 0 Å². The summed E-state index contributed by atoms with van der Waals surface area (Å²) in [6.45, 7) is 0. The maximum atomic E-state index is 12.3. The maximum Gasteiger partial charge on any atom is 0.252 e. The summed E-state index contributed by atoms with van der Waals surface area (Å²) in [5.41, 5.74) is 24.3. The van der Waals surface area contributed by atoms with Crippen molar-refractivity contribution in [2.45, 2.75) is 76.7 Å². The van der Waals surface area contributed by atoms with E-state index in [-0.39, 0.29) is 5.78 Å². The van der Waals surface area contributed by atoms with Gasteiger partial charge in [0.25, 0.3) is 5.24 Å². The molecule has 2 unspecified atom stereocenters. The lowest BCUT2D eigenvalue weighted by Gasteiger charge is -2.16. The first-order valence-electron chi connectivity index (χ1n) is 14.0. The Balaban J connectivity index is 0.000000237. The molecule has 10 heteroatoms. The highest BCUT2D eigenvalue weighted by molar-refractivity contribution is 6.67. The van der Waals surface area contributed by atoms with Crippen LogP contribution in [0.2, 0.25) is 0 Å². The third kappa shape index (κ3) is 14.4. The Bertz CT molecular complexity index is 1230. The molecule has 2 N–H and O–H groups in total. The number of hydrogen-bond donors (Lipinski definition) is 1. The topological polar surface area (TPSA) is 158 Å². The van der Waals surface area contributed by atoms with Crippen LogP contribution in [0, 0.1) is 5.92 Å². The molecular formula is C31H38ClN7O2. The smallest absolute Gasteiger partial charge is 0.252 e. The van der Waals surface area contributed by atoms with E-state index in [9.17, 15) is 9.59 Å². The lowest BCUT2D eigenvalue weighted by Crippen LogP contribution is -2.19. The van der Waals surface area contributed by atoms with Crippen LogP contribution < -0.4 is 5.73 Å². The first-order valence-corrected chi connectivity index (χ1v) is 14.4. The zero-order valence-corrected chi connectivity index (χ0v) is 24.1. The molecule has 2 aromatic rings. The number of azide groups is 2. The number of benzene rings is 2. The molecule has 0 saturated carbocycles. The maximum absolute atomic E-state index is 12.3. The first-order chi connectivity index (χ1) is 19.9. The molecule has 0 aromatic heterocycles. The Hall–Kier alpha value is -3.87. The highest BCUT2D eigenvalue weighted by atomic mass is 35.5. The second-order valence-corrected chi connectivity index (χ2v) is 10.3. The van der Waals surface area contributed by atoms with E-state index in [2.05, 4.69) is 44.4 Å². The summed E-state index contributed by atoms with van der Waals surface area (Å²) in [4.78, 5) is 28.1. The van der Waals surface area contributed by atoms with Crippen molar-refractivity contribution >= 4 is 34.0 Å². The van der Waals surface area contributed by atoms with E-state index in [1.165, 1.54) is 62.8 Å². The summed E-state index contributed by atoms with van der Waals surface area (Å²) in [7, 11) is 0. The van der Waals surface area contributed by atoms with Crippen LogP contribution in [-0.2, 0) is 0 Å². The molecule has 0 saturated heterocycles. The van der Waals surface area contributed by atoms with Crippen LogP contribution in [0.5, 0.6) is 0 Å². The van der Waals surface area contributed by atoms with Gasteiger partial charge in [-0.2, -0.15) is 0 Å². The van der Waals surface area contributed by atoms with Crippen LogP contribution in [0.25, 0.3) is 20.9 Å². The van der Waals surface area contributed by atoms with Gasteiger partial charge in [-0.15, -0.1) is 0 Å². The molecule has 2 aliphatic carbocycles. The van der Waals surface area contributed by atoms with Gasteiger partial charge in [0.05, 0.1) is 0 Å². The van der Waals surface area contributed by atoms with Gasteiger partial charge >= 0.3 is 0 Å². The van der Waals surface area contributed by atoms with Crippen molar-refractivity contribution in [3.63, 3.8) is 0 Å². The quantitative estimate of drug-likeness (QED) is 0.0907. The van der Waals surface area contributed by atoms with E-state index in [1.54, 1.807) is 24.3 Å². The number of ketones is 1. The minimum Gasteiger partial charge on any atom is -0.328 e. The van der Waals surface area contributed by atoms with Gasteiger partial charge in [0.2, 0.25) is 0 Å². The Morgan fingerprint density at radius 1 is 0.732 bits per heavy atom. The van der Waals surface area contributed by atoms with Crippen LogP contribution in [-0.4, -0.2) is 17.1 Å². The number of Topliss-reactive ketones (excluding diaryl/α,β-unsaturated/α-hetero) is 1. The molecule has 0 amide bonds. The zero-order valence-electron chi connectivity index (χ0n) is 23.3. The minimum atomic E-state index is -0.525. The number of rotatable bonds is 6. The van der Waals surface area contributed by atoms with Crippen molar-refractivity contribution in [3.05, 3.63) is 105 Å². The lowest BCUT2D eigenvalue weighted by atomic mass is 9.88. The van der Waals surface area contributed by atoms with E-state index in [0.29, 0.717) is 40.9 Å².